The van der Waals surface area contributed by atoms with Crippen molar-refractivity contribution >= 4 is 10.9 Å². The summed E-state index contributed by atoms with van der Waals surface area (Å²) >= 11 is 0. The summed E-state index contributed by atoms with van der Waals surface area (Å²) in [5.74, 6) is 1.11. The van der Waals surface area contributed by atoms with Crippen LogP contribution in [0.4, 0.5) is 4.39 Å². The van der Waals surface area contributed by atoms with Crippen LogP contribution in [0.5, 0.6) is 5.75 Å². The Morgan fingerprint density at radius 1 is 0.973 bits per heavy atom. The van der Waals surface area contributed by atoms with Gasteiger partial charge < -0.3 is 9.72 Å². The molecular weight excluding hydrogens is 471 g/mol. The van der Waals surface area contributed by atoms with Gasteiger partial charge in [-0.3, -0.25) is 9.69 Å². The van der Waals surface area contributed by atoms with Gasteiger partial charge in [0.2, 0.25) is 0 Å². The topological polar surface area (TPSA) is 88.9 Å². The maximum Gasteiger partial charge on any atom is 0.252 e. The second-order valence-electron chi connectivity index (χ2n) is 8.90. The lowest BCUT2D eigenvalue weighted by molar-refractivity contribution is 0.248. The van der Waals surface area contributed by atoms with E-state index in [4.69, 9.17) is 4.74 Å². The summed E-state index contributed by atoms with van der Waals surface area (Å²) in [6.45, 7) is 1.98. The third-order valence-electron chi connectivity index (χ3n) is 6.30. The number of nitrogens with zero attached hydrogens (tertiary/aromatic N) is 5. The van der Waals surface area contributed by atoms with E-state index in [1.807, 2.05) is 42.5 Å². The molecule has 0 bridgehead atoms. The summed E-state index contributed by atoms with van der Waals surface area (Å²) in [5, 5.41) is 13.2. The zero-order valence-electron chi connectivity index (χ0n) is 20.5. The van der Waals surface area contributed by atoms with E-state index in [9.17, 15) is 9.18 Å². The molecule has 0 saturated carbocycles. The average molecular weight is 499 g/mol. The van der Waals surface area contributed by atoms with Crippen molar-refractivity contribution in [1.29, 1.82) is 0 Å². The SMILES string of the molecule is COc1ccc2[nH]c(=O)c(CN(CCc3ccccc3)Cc3nnnn3Cc3ccc(F)cc3)cc2c1. The molecule has 2 heterocycles. The summed E-state index contributed by atoms with van der Waals surface area (Å²) in [6, 6.07) is 24.0. The molecule has 0 fully saturated rings. The number of H-pyrrole nitrogens is 1. The predicted octanol–water partition coefficient (Wildman–Crippen LogP) is 3.96. The van der Waals surface area contributed by atoms with Crippen molar-refractivity contribution in [3.05, 3.63) is 118 Å². The minimum Gasteiger partial charge on any atom is -0.497 e. The lowest BCUT2D eigenvalue weighted by Crippen LogP contribution is -2.30. The quantitative estimate of drug-likeness (QED) is 0.314. The molecule has 5 aromatic rings. The molecule has 0 atom stereocenters. The van der Waals surface area contributed by atoms with E-state index < -0.39 is 0 Å². The third kappa shape index (κ3) is 6.07. The highest BCUT2D eigenvalue weighted by Gasteiger charge is 2.16. The number of aromatic amines is 1. The van der Waals surface area contributed by atoms with Crippen molar-refractivity contribution in [3.63, 3.8) is 0 Å². The fraction of sp³-hybridized carbons (Fsp3) is 0.214. The highest BCUT2D eigenvalue weighted by atomic mass is 19.1. The molecule has 0 saturated heterocycles. The molecule has 3 aromatic carbocycles. The number of halogens is 1. The van der Waals surface area contributed by atoms with E-state index in [0.717, 1.165) is 28.6 Å². The molecule has 5 rings (SSSR count). The zero-order valence-corrected chi connectivity index (χ0v) is 20.5. The molecule has 2 aromatic heterocycles. The van der Waals surface area contributed by atoms with Crippen molar-refractivity contribution in [2.75, 3.05) is 13.7 Å². The molecule has 1 N–H and O–H groups in total. The van der Waals surface area contributed by atoms with Gasteiger partial charge in [-0.05, 0) is 64.4 Å². The van der Waals surface area contributed by atoms with Gasteiger partial charge in [-0.1, -0.05) is 42.5 Å². The maximum absolute atomic E-state index is 13.3. The fourth-order valence-electron chi connectivity index (χ4n) is 4.28. The van der Waals surface area contributed by atoms with Crippen molar-refractivity contribution in [2.45, 2.75) is 26.1 Å². The first-order valence-corrected chi connectivity index (χ1v) is 12.0. The Bertz CT molecular complexity index is 1530. The highest BCUT2D eigenvalue weighted by molar-refractivity contribution is 5.80. The molecule has 0 unspecified atom stereocenters. The molecule has 0 aliphatic rings. The Kier molecular flexibility index (Phi) is 7.32. The van der Waals surface area contributed by atoms with Gasteiger partial charge in [0.15, 0.2) is 5.82 Å². The van der Waals surface area contributed by atoms with Crippen LogP contribution in [0.15, 0.2) is 83.7 Å². The normalized spacial score (nSPS) is 11.3. The molecule has 188 valence electrons. The third-order valence-corrected chi connectivity index (χ3v) is 6.30. The van der Waals surface area contributed by atoms with Gasteiger partial charge in [-0.15, -0.1) is 5.10 Å². The number of fused-ring (bicyclic) bond motifs is 1. The summed E-state index contributed by atoms with van der Waals surface area (Å²) in [6.07, 6.45) is 0.805. The first kappa shape index (κ1) is 24.3. The number of pyridine rings is 1. The van der Waals surface area contributed by atoms with Crippen LogP contribution in [-0.2, 0) is 26.1 Å². The van der Waals surface area contributed by atoms with E-state index in [-0.39, 0.29) is 11.4 Å². The van der Waals surface area contributed by atoms with Crippen LogP contribution in [0.2, 0.25) is 0 Å². The molecule has 0 spiro atoms. The van der Waals surface area contributed by atoms with Gasteiger partial charge in [0.05, 0.1) is 20.2 Å². The minimum atomic E-state index is -0.286. The Morgan fingerprint density at radius 3 is 2.57 bits per heavy atom. The summed E-state index contributed by atoms with van der Waals surface area (Å²) < 4.78 is 20.4. The lowest BCUT2D eigenvalue weighted by atomic mass is 10.1. The predicted molar refractivity (Wildman–Crippen MR) is 139 cm³/mol. The second kappa shape index (κ2) is 11.1. The van der Waals surface area contributed by atoms with Crippen molar-refractivity contribution < 1.29 is 9.13 Å². The van der Waals surface area contributed by atoms with Crippen LogP contribution < -0.4 is 10.3 Å². The Morgan fingerprint density at radius 2 is 1.78 bits per heavy atom. The first-order valence-electron chi connectivity index (χ1n) is 12.0. The van der Waals surface area contributed by atoms with Crippen molar-refractivity contribution in [3.8, 4) is 5.75 Å². The number of tetrazole rings is 1. The van der Waals surface area contributed by atoms with Crippen LogP contribution in [0.1, 0.15) is 22.5 Å². The fourth-order valence-corrected chi connectivity index (χ4v) is 4.28. The number of aromatic nitrogens is 5. The van der Waals surface area contributed by atoms with Gasteiger partial charge in [0, 0.05) is 29.6 Å². The van der Waals surface area contributed by atoms with Gasteiger partial charge in [0.1, 0.15) is 11.6 Å². The summed E-state index contributed by atoms with van der Waals surface area (Å²) in [5.41, 5.74) is 3.37. The number of methoxy groups -OCH3 is 1. The Labute approximate surface area is 213 Å². The minimum absolute atomic E-state index is 0.131. The first-order chi connectivity index (χ1) is 18.1. The number of ether oxygens (including phenoxy) is 1. The molecule has 8 nitrogen and oxygen atoms in total. The lowest BCUT2D eigenvalue weighted by Gasteiger charge is -2.22. The zero-order chi connectivity index (χ0) is 25.6. The van der Waals surface area contributed by atoms with E-state index in [1.165, 1.54) is 17.7 Å². The van der Waals surface area contributed by atoms with E-state index >= 15 is 0 Å². The Balaban J connectivity index is 1.40. The van der Waals surface area contributed by atoms with Gasteiger partial charge in [-0.25, -0.2) is 9.07 Å². The van der Waals surface area contributed by atoms with E-state index in [1.54, 1.807) is 23.9 Å². The number of hydrogen-bond donors (Lipinski definition) is 1. The Hall–Kier alpha value is -4.37. The molecule has 0 radical (unpaired) electrons. The molecule has 37 heavy (non-hydrogen) atoms. The average Bonchev–Trinajstić information content (AvgIpc) is 3.35. The van der Waals surface area contributed by atoms with Crippen molar-refractivity contribution in [1.82, 2.24) is 30.1 Å². The maximum atomic E-state index is 13.3. The van der Waals surface area contributed by atoms with Crippen molar-refractivity contribution in [2.24, 2.45) is 0 Å². The molecule has 0 aliphatic carbocycles. The highest BCUT2D eigenvalue weighted by Crippen LogP contribution is 2.20. The number of nitrogens with one attached hydrogen (secondary N) is 1. The number of rotatable bonds is 10. The standard InChI is InChI=1S/C28H27FN6O2/c1-37-25-11-12-26-22(16-25)15-23(28(36)30-26)18-34(14-13-20-5-3-2-4-6-20)19-27-31-32-33-35(27)17-21-7-9-24(29)10-8-21/h2-12,15-16H,13-14,17-19H2,1H3,(H,30,36). The second-order valence-corrected chi connectivity index (χ2v) is 8.90. The van der Waals surface area contributed by atoms with E-state index in [0.29, 0.717) is 37.6 Å². The van der Waals surface area contributed by atoms with Gasteiger partial charge >= 0.3 is 0 Å². The van der Waals surface area contributed by atoms with Crippen LogP contribution in [0.3, 0.4) is 0 Å². The molecule has 0 aliphatic heterocycles. The van der Waals surface area contributed by atoms with Crippen LogP contribution in [0.25, 0.3) is 10.9 Å². The smallest absolute Gasteiger partial charge is 0.252 e. The van der Waals surface area contributed by atoms with Gasteiger partial charge in [-0.2, -0.15) is 0 Å². The van der Waals surface area contributed by atoms with Crippen LogP contribution >= 0.6 is 0 Å². The van der Waals surface area contributed by atoms with Crippen LogP contribution in [-0.4, -0.2) is 43.7 Å². The number of hydrogen-bond acceptors (Lipinski definition) is 6. The number of benzene rings is 3. The van der Waals surface area contributed by atoms with Gasteiger partial charge in [0.25, 0.3) is 5.56 Å². The summed E-state index contributed by atoms with van der Waals surface area (Å²) in [4.78, 5) is 18.1. The molecular formula is C28H27FN6O2. The summed E-state index contributed by atoms with van der Waals surface area (Å²) in [7, 11) is 1.62. The largest absolute Gasteiger partial charge is 0.497 e. The monoisotopic (exact) mass is 498 g/mol. The molecule has 9 heteroatoms. The van der Waals surface area contributed by atoms with E-state index in [2.05, 4.69) is 37.5 Å². The van der Waals surface area contributed by atoms with Crippen LogP contribution in [0, 0.1) is 5.82 Å². The molecule has 0 amide bonds.